The Morgan fingerprint density at radius 2 is 1.08 bits per heavy atom. The van der Waals surface area contributed by atoms with Crippen LogP contribution in [0.4, 0.5) is 0 Å². The quantitative estimate of drug-likeness (QED) is 0.110. The third-order valence-corrected chi connectivity index (χ3v) is 8.04. The molecule has 0 saturated carbocycles. The van der Waals surface area contributed by atoms with Crippen molar-refractivity contribution in [3.05, 3.63) is 0 Å². The predicted octanol–water partition coefficient (Wildman–Crippen LogP) is 5.27. The number of ether oxygens (including phenoxy) is 2. The minimum Gasteiger partial charge on any atom is -0.465 e. The number of hydrogen-bond acceptors (Lipinski definition) is 9. The molecular formula is C26H48N2O6S2. The normalized spacial score (nSPS) is 12.6. The number of carbonyl (C=O) groups excluding carboxylic acids is 4. The van der Waals surface area contributed by atoms with Gasteiger partial charge in [0.2, 0.25) is 11.8 Å². The van der Waals surface area contributed by atoms with Gasteiger partial charge in [-0.25, -0.2) is 4.79 Å². The molecule has 0 aliphatic heterocycles. The Balaban J connectivity index is 4.47. The Bertz CT molecular complexity index is 622. The monoisotopic (exact) mass is 548 g/mol. The number of carbonyl (C=O) groups is 4. The smallest absolute Gasteiger partial charge is 0.330 e. The molecule has 0 heterocycles. The van der Waals surface area contributed by atoms with Gasteiger partial charge in [0.1, 0.15) is 12.1 Å². The fourth-order valence-corrected chi connectivity index (χ4v) is 5.82. The van der Waals surface area contributed by atoms with E-state index >= 15 is 0 Å². The summed E-state index contributed by atoms with van der Waals surface area (Å²) in [6.45, 7) is 7.47. The van der Waals surface area contributed by atoms with Gasteiger partial charge in [-0.3, -0.25) is 19.3 Å². The Morgan fingerprint density at radius 1 is 0.667 bits per heavy atom. The standard InChI is InChI=1S/C26H48N2O6S2/c1-5-7-9-11-13-15-17-33-25(31)23(27)19-35-36-20-24(28(21(3)29)22(4)30)26(32)34-18-16-14-12-10-8-6-2/h23-24H,5-20,27H2,1-4H3/t23-,24-/m0/s1. The zero-order valence-corrected chi connectivity index (χ0v) is 24.4. The highest BCUT2D eigenvalue weighted by Crippen LogP contribution is 2.25. The number of esters is 2. The molecule has 8 nitrogen and oxygen atoms in total. The molecule has 10 heteroatoms. The summed E-state index contributed by atoms with van der Waals surface area (Å²) in [7, 11) is 2.58. The van der Waals surface area contributed by atoms with Crippen molar-refractivity contribution in [2.24, 2.45) is 5.73 Å². The van der Waals surface area contributed by atoms with E-state index < -0.39 is 35.8 Å². The molecule has 210 valence electrons. The summed E-state index contributed by atoms with van der Waals surface area (Å²) in [6, 6.07) is -1.80. The van der Waals surface area contributed by atoms with E-state index in [4.69, 9.17) is 15.2 Å². The molecule has 2 amide bonds. The van der Waals surface area contributed by atoms with Gasteiger partial charge in [-0.1, -0.05) is 99.6 Å². The van der Waals surface area contributed by atoms with E-state index in [0.717, 1.165) is 49.8 Å². The molecule has 2 atom stereocenters. The molecule has 36 heavy (non-hydrogen) atoms. The second-order valence-electron chi connectivity index (χ2n) is 8.97. The lowest BCUT2D eigenvalue weighted by molar-refractivity contribution is -0.159. The second kappa shape index (κ2) is 22.9. The van der Waals surface area contributed by atoms with Crippen molar-refractivity contribution < 1.29 is 28.7 Å². The van der Waals surface area contributed by atoms with Crippen molar-refractivity contribution in [1.82, 2.24) is 4.90 Å². The maximum atomic E-state index is 12.7. The van der Waals surface area contributed by atoms with E-state index in [0.29, 0.717) is 12.4 Å². The number of hydrogen-bond donors (Lipinski definition) is 1. The molecule has 0 aliphatic rings. The number of nitrogens with zero attached hydrogens (tertiary/aromatic N) is 1. The van der Waals surface area contributed by atoms with Crippen molar-refractivity contribution in [1.29, 1.82) is 0 Å². The molecular weight excluding hydrogens is 500 g/mol. The Labute approximate surface area is 225 Å². The lowest BCUT2D eigenvalue weighted by atomic mass is 10.1. The summed E-state index contributed by atoms with van der Waals surface area (Å²) in [5.74, 6) is -1.61. The molecule has 0 aromatic rings. The van der Waals surface area contributed by atoms with Gasteiger partial charge in [0.25, 0.3) is 0 Å². The van der Waals surface area contributed by atoms with Gasteiger partial charge in [-0.2, -0.15) is 0 Å². The topological polar surface area (TPSA) is 116 Å². The third-order valence-electron chi connectivity index (χ3n) is 5.61. The highest BCUT2D eigenvalue weighted by Gasteiger charge is 2.32. The Hall–Kier alpha value is -1.26. The average molecular weight is 549 g/mol. The SMILES string of the molecule is CCCCCCCCOC(=O)[C@@H](N)CSSC[C@@H](C(=O)OCCCCCCCC)N(C(C)=O)C(C)=O. The van der Waals surface area contributed by atoms with Crippen molar-refractivity contribution in [2.45, 2.75) is 117 Å². The van der Waals surface area contributed by atoms with Crippen LogP contribution < -0.4 is 5.73 Å². The van der Waals surface area contributed by atoms with E-state index in [1.807, 2.05) is 0 Å². The molecule has 0 unspecified atom stereocenters. The molecule has 0 aliphatic carbocycles. The van der Waals surface area contributed by atoms with E-state index in [9.17, 15) is 19.2 Å². The van der Waals surface area contributed by atoms with Gasteiger partial charge in [-0.05, 0) is 12.8 Å². The van der Waals surface area contributed by atoms with Gasteiger partial charge in [0.05, 0.1) is 13.2 Å². The third kappa shape index (κ3) is 17.2. The molecule has 0 aromatic carbocycles. The molecule has 0 aromatic heterocycles. The van der Waals surface area contributed by atoms with Crippen LogP contribution in [0, 0.1) is 0 Å². The minimum atomic E-state index is -1.02. The van der Waals surface area contributed by atoms with Crippen molar-refractivity contribution >= 4 is 45.3 Å². The van der Waals surface area contributed by atoms with Crippen LogP contribution in [-0.4, -0.2) is 65.5 Å². The first-order chi connectivity index (χ1) is 17.3. The molecule has 0 saturated heterocycles. The van der Waals surface area contributed by atoms with Crippen molar-refractivity contribution in [3.8, 4) is 0 Å². The van der Waals surface area contributed by atoms with Crippen LogP contribution >= 0.6 is 21.6 Å². The fraction of sp³-hybridized carbons (Fsp3) is 0.846. The average Bonchev–Trinajstić information content (AvgIpc) is 2.83. The fourth-order valence-electron chi connectivity index (χ4n) is 3.52. The summed E-state index contributed by atoms with van der Waals surface area (Å²) in [5, 5.41) is 0. The zero-order chi connectivity index (χ0) is 27.2. The highest BCUT2D eigenvalue weighted by molar-refractivity contribution is 8.76. The maximum Gasteiger partial charge on any atom is 0.330 e. The van der Waals surface area contributed by atoms with E-state index in [1.165, 1.54) is 67.5 Å². The summed E-state index contributed by atoms with van der Waals surface area (Å²) < 4.78 is 10.6. The summed E-state index contributed by atoms with van der Waals surface area (Å²) in [6.07, 6.45) is 13.0. The number of amides is 2. The first kappa shape index (κ1) is 34.7. The molecule has 0 fully saturated rings. The molecule has 0 bridgehead atoms. The van der Waals surface area contributed by atoms with Gasteiger partial charge < -0.3 is 15.2 Å². The van der Waals surface area contributed by atoms with Gasteiger partial charge >= 0.3 is 11.9 Å². The van der Waals surface area contributed by atoms with Crippen molar-refractivity contribution in [3.63, 3.8) is 0 Å². The van der Waals surface area contributed by atoms with Crippen LogP contribution in [0.15, 0.2) is 0 Å². The van der Waals surface area contributed by atoms with Crippen LogP contribution in [0.25, 0.3) is 0 Å². The van der Waals surface area contributed by atoms with Gasteiger partial charge in [0.15, 0.2) is 0 Å². The number of imide groups is 1. The van der Waals surface area contributed by atoms with E-state index in [1.54, 1.807) is 0 Å². The Kier molecular flexibility index (Phi) is 22.1. The number of rotatable bonds is 22. The van der Waals surface area contributed by atoms with Crippen LogP contribution in [0.2, 0.25) is 0 Å². The lowest BCUT2D eigenvalue weighted by Gasteiger charge is -2.26. The van der Waals surface area contributed by atoms with Gasteiger partial charge in [0, 0.05) is 25.4 Å². The lowest BCUT2D eigenvalue weighted by Crippen LogP contribution is -2.49. The zero-order valence-electron chi connectivity index (χ0n) is 22.8. The van der Waals surface area contributed by atoms with Crippen LogP contribution in [0.5, 0.6) is 0 Å². The van der Waals surface area contributed by atoms with Crippen LogP contribution in [-0.2, 0) is 28.7 Å². The second-order valence-corrected chi connectivity index (χ2v) is 11.5. The first-order valence-corrected chi connectivity index (χ1v) is 15.9. The van der Waals surface area contributed by atoms with Gasteiger partial charge in [-0.15, -0.1) is 0 Å². The highest BCUT2D eigenvalue weighted by atomic mass is 33.1. The van der Waals surface area contributed by atoms with Crippen LogP contribution in [0.3, 0.4) is 0 Å². The maximum absolute atomic E-state index is 12.7. The van der Waals surface area contributed by atoms with E-state index in [2.05, 4.69) is 13.8 Å². The predicted molar refractivity (Wildman–Crippen MR) is 149 cm³/mol. The summed E-state index contributed by atoms with van der Waals surface area (Å²) in [4.78, 5) is 49.8. The van der Waals surface area contributed by atoms with Crippen molar-refractivity contribution in [2.75, 3.05) is 24.7 Å². The Morgan fingerprint density at radius 3 is 1.56 bits per heavy atom. The summed E-state index contributed by atoms with van der Waals surface area (Å²) >= 11 is 0. The molecule has 0 radical (unpaired) electrons. The molecule has 0 rings (SSSR count). The molecule has 2 N–H and O–H groups in total. The minimum absolute atomic E-state index is 0.151. The largest absolute Gasteiger partial charge is 0.465 e. The first-order valence-electron chi connectivity index (χ1n) is 13.4. The molecule has 0 spiro atoms. The van der Waals surface area contributed by atoms with E-state index in [-0.39, 0.29) is 12.4 Å². The summed E-state index contributed by atoms with van der Waals surface area (Å²) in [5.41, 5.74) is 5.94. The van der Waals surface area contributed by atoms with Crippen LogP contribution in [0.1, 0.15) is 105 Å². The number of unbranched alkanes of at least 4 members (excludes halogenated alkanes) is 10. The number of nitrogens with two attached hydrogens (primary N) is 1.